The van der Waals surface area contributed by atoms with Crippen LogP contribution in [0, 0.1) is 5.92 Å². The van der Waals surface area contributed by atoms with Crippen LogP contribution < -0.4 is 0 Å². The maximum atomic E-state index is 12.9. The largest absolute Gasteiger partial charge is 0.342 e. The number of nitrogens with zero attached hydrogens (tertiary/aromatic N) is 4. The van der Waals surface area contributed by atoms with Gasteiger partial charge in [-0.05, 0) is 42.9 Å². The van der Waals surface area contributed by atoms with Crippen molar-refractivity contribution in [3.63, 3.8) is 0 Å². The second-order valence-electron chi connectivity index (χ2n) is 9.14. The van der Waals surface area contributed by atoms with Gasteiger partial charge in [0.2, 0.25) is 5.91 Å². The summed E-state index contributed by atoms with van der Waals surface area (Å²) in [5, 5.41) is 1.19. The minimum atomic E-state index is 0.308. The van der Waals surface area contributed by atoms with Crippen LogP contribution in [0.2, 0.25) is 0 Å². The highest BCUT2D eigenvalue weighted by molar-refractivity contribution is 7.18. The number of hydrogen-bond acceptors (Lipinski definition) is 5. The van der Waals surface area contributed by atoms with Gasteiger partial charge < -0.3 is 4.90 Å². The van der Waals surface area contributed by atoms with Crippen LogP contribution in [0.15, 0.2) is 54.6 Å². The van der Waals surface area contributed by atoms with Crippen LogP contribution in [0.5, 0.6) is 0 Å². The number of carbonyl (C=O) groups excluding carboxylic acids is 1. The zero-order valence-corrected chi connectivity index (χ0v) is 19.5. The lowest BCUT2D eigenvalue weighted by atomic mass is 9.90. The van der Waals surface area contributed by atoms with Crippen molar-refractivity contribution in [1.82, 2.24) is 19.7 Å². The number of thiazole rings is 1. The fourth-order valence-corrected chi connectivity index (χ4v) is 5.92. The van der Waals surface area contributed by atoms with Gasteiger partial charge in [0, 0.05) is 39.3 Å². The third kappa shape index (κ3) is 5.37. The molecule has 2 fully saturated rings. The van der Waals surface area contributed by atoms with Gasteiger partial charge in [0.25, 0.3) is 0 Å². The van der Waals surface area contributed by atoms with E-state index in [1.165, 1.54) is 15.3 Å². The molecule has 5 rings (SSSR count). The summed E-state index contributed by atoms with van der Waals surface area (Å²) < 4.78 is 1.26. The Balaban J connectivity index is 1.04. The van der Waals surface area contributed by atoms with E-state index in [0.29, 0.717) is 18.4 Å². The molecule has 3 aromatic rings. The molecule has 2 saturated heterocycles. The van der Waals surface area contributed by atoms with Gasteiger partial charge in [-0.25, -0.2) is 4.98 Å². The van der Waals surface area contributed by atoms with Crippen molar-refractivity contribution in [3.8, 4) is 0 Å². The minimum absolute atomic E-state index is 0.308. The molecule has 32 heavy (non-hydrogen) atoms. The predicted molar refractivity (Wildman–Crippen MR) is 131 cm³/mol. The predicted octanol–water partition coefficient (Wildman–Crippen LogP) is 3.90. The lowest BCUT2D eigenvalue weighted by Crippen LogP contribution is -2.50. The van der Waals surface area contributed by atoms with E-state index in [1.807, 2.05) is 6.07 Å². The number of para-hydroxylation sites is 1. The summed E-state index contributed by atoms with van der Waals surface area (Å²) in [5.41, 5.74) is 2.52. The van der Waals surface area contributed by atoms with Crippen molar-refractivity contribution >= 4 is 27.5 Å². The molecule has 1 amide bonds. The van der Waals surface area contributed by atoms with Crippen LogP contribution in [0.4, 0.5) is 0 Å². The molecule has 0 atom stereocenters. The van der Waals surface area contributed by atoms with E-state index in [4.69, 9.17) is 4.98 Å². The molecule has 0 unspecified atom stereocenters. The molecule has 0 aliphatic carbocycles. The smallest absolute Gasteiger partial charge is 0.236 e. The summed E-state index contributed by atoms with van der Waals surface area (Å²) in [5.74, 6) is 1.01. The number of benzene rings is 2. The fraction of sp³-hybridized carbons (Fsp3) is 0.462. The molecule has 0 bridgehead atoms. The first kappa shape index (κ1) is 21.6. The number of hydrogen-bond donors (Lipinski definition) is 0. The van der Waals surface area contributed by atoms with Gasteiger partial charge in [0.15, 0.2) is 0 Å². The molecule has 3 heterocycles. The molecular weight excluding hydrogens is 416 g/mol. The van der Waals surface area contributed by atoms with Gasteiger partial charge in [-0.3, -0.25) is 14.6 Å². The quantitative estimate of drug-likeness (QED) is 0.574. The Bertz CT molecular complexity index is 987. The summed E-state index contributed by atoms with van der Waals surface area (Å²) in [7, 11) is 0. The maximum absolute atomic E-state index is 12.9. The van der Waals surface area contributed by atoms with Gasteiger partial charge in [-0.1, -0.05) is 42.5 Å². The van der Waals surface area contributed by atoms with Crippen molar-refractivity contribution in [2.24, 2.45) is 5.92 Å². The zero-order chi connectivity index (χ0) is 21.8. The van der Waals surface area contributed by atoms with E-state index >= 15 is 0 Å². The summed E-state index contributed by atoms with van der Waals surface area (Å²) in [6, 6.07) is 19.1. The van der Waals surface area contributed by atoms with Gasteiger partial charge >= 0.3 is 0 Å². The maximum Gasteiger partial charge on any atom is 0.236 e. The topological polar surface area (TPSA) is 39.7 Å². The number of fused-ring (bicyclic) bond motifs is 1. The van der Waals surface area contributed by atoms with E-state index < -0.39 is 0 Å². The average Bonchev–Trinajstić information content (AvgIpc) is 3.24. The number of amides is 1. The Morgan fingerprint density at radius 3 is 2.31 bits per heavy atom. The standard InChI is InChI=1S/C26H32N4OS/c31-26(30-12-10-22(11-13-30)18-21-6-2-1-3-7-21)20-29-16-14-28(15-17-29)19-25-27-23-8-4-5-9-24(23)32-25/h1-9,22H,10-20H2. The molecule has 0 N–H and O–H groups in total. The third-order valence-corrected chi connectivity index (χ3v) is 7.88. The van der Waals surface area contributed by atoms with E-state index in [-0.39, 0.29) is 0 Å². The first-order valence-electron chi connectivity index (χ1n) is 11.8. The SMILES string of the molecule is O=C(CN1CCN(Cc2nc3ccccc3s2)CC1)N1CCC(Cc2ccccc2)CC1. The van der Waals surface area contributed by atoms with Gasteiger partial charge in [0.05, 0.1) is 23.3 Å². The first-order valence-corrected chi connectivity index (χ1v) is 12.7. The lowest BCUT2D eigenvalue weighted by molar-refractivity contribution is -0.134. The molecule has 2 aromatic carbocycles. The van der Waals surface area contributed by atoms with Crippen molar-refractivity contribution in [3.05, 3.63) is 65.2 Å². The normalized spacial score (nSPS) is 18.9. The van der Waals surface area contributed by atoms with Crippen LogP contribution in [-0.2, 0) is 17.8 Å². The van der Waals surface area contributed by atoms with Crippen LogP contribution in [0.1, 0.15) is 23.4 Å². The van der Waals surface area contributed by atoms with Crippen molar-refractivity contribution in [2.45, 2.75) is 25.8 Å². The van der Waals surface area contributed by atoms with Gasteiger partial charge in [0.1, 0.15) is 5.01 Å². The molecule has 2 aliphatic heterocycles. The number of piperidine rings is 1. The van der Waals surface area contributed by atoms with E-state index in [2.05, 4.69) is 63.2 Å². The number of piperazine rings is 1. The number of likely N-dealkylation sites (tertiary alicyclic amines) is 1. The van der Waals surface area contributed by atoms with E-state index in [9.17, 15) is 4.79 Å². The molecule has 6 heteroatoms. The molecule has 0 saturated carbocycles. The zero-order valence-electron chi connectivity index (χ0n) is 18.7. The van der Waals surface area contributed by atoms with Gasteiger partial charge in [-0.15, -0.1) is 11.3 Å². The summed E-state index contributed by atoms with van der Waals surface area (Å²) in [4.78, 5) is 24.5. The second kappa shape index (κ2) is 10.1. The lowest BCUT2D eigenvalue weighted by Gasteiger charge is -2.37. The van der Waals surface area contributed by atoms with Crippen LogP contribution in [-0.4, -0.2) is 71.4 Å². The monoisotopic (exact) mass is 448 g/mol. The summed E-state index contributed by atoms with van der Waals surface area (Å²) in [6.07, 6.45) is 3.38. The van der Waals surface area contributed by atoms with Crippen molar-refractivity contribution in [2.75, 3.05) is 45.8 Å². The summed E-state index contributed by atoms with van der Waals surface area (Å²) in [6.45, 7) is 7.23. The fourth-order valence-electron chi connectivity index (χ4n) is 4.91. The van der Waals surface area contributed by atoms with Crippen LogP contribution >= 0.6 is 11.3 Å². The number of rotatable bonds is 6. The van der Waals surface area contributed by atoms with Gasteiger partial charge in [-0.2, -0.15) is 0 Å². The Morgan fingerprint density at radius 1 is 0.875 bits per heavy atom. The average molecular weight is 449 g/mol. The Hall–Kier alpha value is -2.28. The number of aromatic nitrogens is 1. The molecule has 0 radical (unpaired) electrons. The minimum Gasteiger partial charge on any atom is -0.342 e. The Labute approximate surface area is 194 Å². The molecular formula is C26H32N4OS. The highest BCUT2D eigenvalue weighted by Crippen LogP contribution is 2.24. The highest BCUT2D eigenvalue weighted by atomic mass is 32.1. The summed E-state index contributed by atoms with van der Waals surface area (Å²) >= 11 is 1.79. The van der Waals surface area contributed by atoms with Crippen molar-refractivity contribution < 1.29 is 4.79 Å². The third-order valence-electron chi connectivity index (χ3n) is 6.86. The first-order chi connectivity index (χ1) is 15.7. The van der Waals surface area contributed by atoms with Crippen molar-refractivity contribution in [1.29, 1.82) is 0 Å². The van der Waals surface area contributed by atoms with E-state index in [0.717, 1.165) is 70.6 Å². The Kier molecular flexibility index (Phi) is 6.81. The second-order valence-corrected chi connectivity index (χ2v) is 10.3. The van der Waals surface area contributed by atoms with Crippen LogP contribution in [0.3, 0.4) is 0 Å². The van der Waals surface area contributed by atoms with Crippen LogP contribution in [0.25, 0.3) is 10.2 Å². The van der Waals surface area contributed by atoms with E-state index in [1.54, 1.807) is 11.3 Å². The molecule has 1 aromatic heterocycles. The highest BCUT2D eigenvalue weighted by Gasteiger charge is 2.26. The number of carbonyl (C=O) groups is 1. The molecule has 2 aliphatic rings. The molecule has 5 nitrogen and oxygen atoms in total. The molecule has 0 spiro atoms. The Morgan fingerprint density at radius 2 is 1.56 bits per heavy atom. The molecule has 168 valence electrons.